The number of pyridine rings is 1. The number of hydrogen-bond donors (Lipinski definition) is 1. The number of nitrogens with one attached hydrogen (secondary N) is 1. The molecule has 1 aromatic rings. The molecule has 2 heterocycles. The quantitative estimate of drug-likeness (QED) is 0.786. The van der Waals surface area contributed by atoms with E-state index in [4.69, 9.17) is 0 Å². The smallest absolute Gasteiger partial charge is 0.165 e. The molecule has 1 aromatic heterocycles. The Balaban J connectivity index is 1.89. The summed E-state index contributed by atoms with van der Waals surface area (Å²) < 4.78 is 0. The Kier molecular flexibility index (Phi) is 4.23. The van der Waals surface area contributed by atoms with Crippen molar-refractivity contribution in [3.05, 3.63) is 30.1 Å². The number of piperazine rings is 1. The summed E-state index contributed by atoms with van der Waals surface area (Å²) in [5, 5.41) is 3.32. The summed E-state index contributed by atoms with van der Waals surface area (Å²) in [6.45, 7) is 6.22. The highest BCUT2D eigenvalue weighted by Crippen LogP contribution is 2.09. The molecule has 2 rings (SSSR count). The summed E-state index contributed by atoms with van der Waals surface area (Å²) in [5.41, 5.74) is 0.717. The van der Waals surface area contributed by atoms with Crippen LogP contribution in [0.5, 0.6) is 0 Å². The van der Waals surface area contributed by atoms with Crippen LogP contribution in [0.15, 0.2) is 24.5 Å². The molecule has 1 aliphatic rings. The van der Waals surface area contributed by atoms with E-state index in [1.165, 1.54) is 0 Å². The van der Waals surface area contributed by atoms with Gasteiger partial charge in [0.25, 0.3) is 0 Å². The molecule has 92 valence electrons. The largest absolute Gasteiger partial charge is 0.314 e. The molecule has 17 heavy (non-hydrogen) atoms. The van der Waals surface area contributed by atoms with Crippen LogP contribution in [0.3, 0.4) is 0 Å². The van der Waals surface area contributed by atoms with Crippen LogP contribution < -0.4 is 5.32 Å². The van der Waals surface area contributed by atoms with E-state index in [1.807, 2.05) is 12.1 Å². The second kappa shape index (κ2) is 5.89. The average Bonchev–Trinajstić information content (AvgIpc) is 2.40. The van der Waals surface area contributed by atoms with Crippen LogP contribution in [0, 0.1) is 0 Å². The Hall–Kier alpha value is -1.26. The van der Waals surface area contributed by atoms with E-state index in [0.717, 1.165) is 31.7 Å². The molecule has 0 aliphatic carbocycles. The van der Waals surface area contributed by atoms with Crippen LogP contribution in [-0.4, -0.2) is 47.9 Å². The molecule has 0 bridgehead atoms. The lowest BCUT2D eigenvalue weighted by molar-refractivity contribution is 0.0917. The highest BCUT2D eigenvalue weighted by atomic mass is 16.1. The molecule has 0 spiro atoms. The van der Waals surface area contributed by atoms with Crippen LogP contribution in [0.2, 0.25) is 0 Å². The Morgan fingerprint density at radius 2 is 2.29 bits per heavy atom. The first-order chi connectivity index (χ1) is 8.27. The zero-order chi connectivity index (χ0) is 12.1. The van der Waals surface area contributed by atoms with Gasteiger partial charge in [-0.15, -0.1) is 0 Å². The van der Waals surface area contributed by atoms with E-state index in [2.05, 4.69) is 22.1 Å². The fourth-order valence-corrected chi connectivity index (χ4v) is 2.17. The maximum atomic E-state index is 12.0. The topological polar surface area (TPSA) is 45.2 Å². The van der Waals surface area contributed by atoms with Gasteiger partial charge in [-0.05, 0) is 19.1 Å². The molecule has 1 unspecified atom stereocenters. The monoisotopic (exact) mass is 233 g/mol. The van der Waals surface area contributed by atoms with Crippen molar-refractivity contribution in [3.8, 4) is 0 Å². The summed E-state index contributed by atoms with van der Waals surface area (Å²) in [6.07, 6.45) is 3.91. The van der Waals surface area contributed by atoms with Crippen molar-refractivity contribution >= 4 is 5.78 Å². The Labute approximate surface area is 102 Å². The second-order valence-corrected chi connectivity index (χ2v) is 4.50. The van der Waals surface area contributed by atoms with Gasteiger partial charge in [-0.1, -0.05) is 0 Å². The lowest BCUT2D eigenvalue weighted by Gasteiger charge is -2.32. The number of Topliss-reactive ketones (excluding diaryl/α,β-unsaturated/α-hetero) is 1. The number of carbonyl (C=O) groups excluding carboxylic acids is 1. The van der Waals surface area contributed by atoms with Gasteiger partial charge in [-0.3, -0.25) is 14.7 Å². The molecule has 1 saturated heterocycles. The highest BCUT2D eigenvalue weighted by Gasteiger charge is 2.19. The minimum atomic E-state index is 0.184. The third-order valence-electron chi connectivity index (χ3n) is 3.24. The van der Waals surface area contributed by atoms with Crippen molar-refractivity contribution in [2.45, 2.75) is 19.4 Å². The van der Waals surface area contributed by atoms with Crippen LogP contribution in [-0.2, 0) is 0 Å². The first-order valence-corrected chi connectivity index (χ1v) is 6.15. The molecule has 0 saturated carbocycles. The zero-order valence-electron chi connectivity index (χ0n) is 10.2. The summed E-state index contributed by atoms with van der Waals surface area (Å²) in [4.78, 5) is 18.4. The van der Waals surface area contributed by atoms with Gasteiger partial charge < -0.3 is 5.32 Å². The molecule has 1 fully saturated rings. The number of ketones is 1. The Morgan fingerprint density at radius 3 is 2.94 bits per heavy atom. The maximum Gasteiger partial charge on any atom is 0.165 e. The lowest BCUT2D eigenvalue weighted by Crippen LogP contribution is -2.48. The number of hydrogen-bond acceptors (Lipinski definition) is 4. The number of carbonyl (C=O) groups is 1. The van der Waals surface area contributed by atoms with Gasteiger partial charge in [0.05, 0.1) is 0 Å². The van der Waals surface area contributed by atoms with E-state index in [9.17, 15) is 4.79 Å². The second-order valence-electron chi connectivity index (χ2n) is 4.50. The van der Waals surface area contributed by atoms with Crippen LogP contribution in [0.25, 0.3) is 0 Å². The Morgan fingerprint density at radius 1 is 1.53 bits per heavy atom. The van der Waals surface area contributed by atoms with Crippen molar-refractivity contribution in [2.24, 2.45) is 0 Å². The number of rotatable bonds is 4. The SMILES string of the molecule is CC(CC(=O)c1cccnc1)N1CCNCC1. The minimum Gasteiger partial charge on any atom is -0.314 e. The Bertz CT molecular complexity index is 360. The molecule has 4 heteroatoms. The molecule has 0 radical (unpaired) electrons. The molecular formula is C13H19N3O. The molecule has 1 N–H and O–H groups in total. The summed E-state index contributed by atoms with van der Waals surface area (Å²) in [5.74, 6) is 0.184. The standard InChI is InChI=1S/C13H19N3O/c1-11(16-7-5-14-6-8-16)9-13(17)12-3-2-4-15-10-12/h2-4,10-11,14H,5-9H2,1H3. The third-order valence-corrected chi connectivity index (χ3v) is 3.24. The van der Waals surface area contributed by atoms with Crippen LogP contribution >= 0.6 is 0 Å². The van der Waals surface area contributed by atoms with Gasteiger partial charge >= 0.3 is 0 Å². The van der Waals surface area contributed by atoms with Gasteiger partial charge in [0.15, 0.2) is 5.78 Å². The summed E-state index contributed by atoms with van der Waals surface area (Å²) in [6, 6.07) is 3.95. The molecule has 0 aromatic carbocycles. The van der Waals surface area contributed by atoms with E-state index >= 15 is 0 Å². The van der Waals surface area contributed by atoms with Gasteiger partial charge in [0.1, 0.15) is 0 Å². The van der Waals surface area contributed by atoms with E-state index in [1.54, 1.807) is 12.4 Å². The molecule has 0 amide bonds. The first kappa shape index (κ1) is 12.2. The highest BCUT2D eigenvalue weighted by molar-refractivity contribution is 5.96. The average molecular weight is 233 g/mol. The number of aromatic nitrogens is 1. The molecule has 1 aliphatic heterocycles. The number of nitrogens with zero attached hydrogens (tertiary/aromatic N) is 2. The van der Waals surface area contributed by atoms with Gasteiger partial charge in [0.2, 0.25) is 0 Å². The van der Waals surface area contributed by atoms with E-state index in [-0.39, 0.29) is 5.78 Å². The van der Waals surface area contributed by atoms with Crippen molar-refractivity contribution in [3.63, 3.8) is 0 Å². The first-order valence-electron chi connectivity index (χ1n) is 6.15. The minimum absolute atomic E-state index is 0.184. The van der Waals surface area contributed by atoms with Crippen molar-refractivity contribution in [1.82, 2.24) is 15.2 Å². The van der Waals surface area contributed by atoms with Crippen molar-refractivity contribution in [1.29, 1.82) is 0 Å². The molecule has 1 atom stereocenters. The van der Waals surface area contributed by atoms with Gasteiger partial charge in [-0.25, -0.2) is 0 Å². The van der Waals surface area contributed by atoms with Crippen LogP contribution in [0.4, 0.5) is 0 Å². The molecule has 4 nitrogen and oxygen atoms in total. The fraction of sp³-hybridized carbons (Fsp3) is 0.538. The fourth-order valence-electron chi connectivity index (χ4n) is 2.17. The van der Waals surface area contributed by atoms with E-state index < -0.39 is 0 Å². The maximum absolute atomic E-state index is 12.0. The van der Waals surface area contributed by atoms with E-state index in [0.29, 0.717) is 12.5 Å². The lowest BCUT2D eigenvalue weighted by atomic mass is 10.0. The third kappa shape index (κ3) is 3.35. The van der Waals surface area contributed by atoms with Crippen molar-refractivity contribution in [2.75, 3.05) is 26.2 Å². The molecular weight excluding hydrogens is 214 g/mol. The van der Waals surface area contributed by atoms with Crippen molar-refractivity contribution < 1.29 is 4.79 Å². The zero-order valence-corrected chi connectivity index (χ0v) is 10.2. The predicted octanol–water partition coefficient (Wildman–Crippen LogP) is 0.948. The van der Waals surface area contributed by atoms with Gasteiger partial charge in [0, 0.05) is 56.6 Å². The van der Waals surface area contributed by atoms with Gasteiger partial charge in [-0.2, -0.15) is 0 Å². The summed E-state index contributed by atoms with van der Waals surface area (Å²) >= 11 is 0. The normalized spacial score (nSPS) is 18.9. The van der Waals surface area contributed by atoms with Crippen LogP contribution in [0.1, 0.15) is 23.7 Å². The summed E-state index contributed by atoms with van der Waals surface area (Å²) in [7, 11) is 0. The predicted molar refractivity (Wildman–Crippen MR) is 67.1 cm³/mol.